The van der Waals surface area contributed by atoms with Crippen molar-refractivity contribution in [1.29, 1.82) is 0 Å². The van der Waals surface area contributed by atoms with Crippen molar-refractivity contribution in [2.75, 3.05) is 6.61 Å². The predicted octanol–water partition coefficient (Wildman–Crippen LogP) is 2.47. The minimum absolute atomic E-state index is 0.0447. The molecule has 0 radical (unpaired) electrons. The van der Waals surface area contributed by atoms with Crippen molar-refractivity contribution in [3.05, 3.63) is 23.9 Å². The van der Waals surface area contributed by atoms with Crippen molar-refractivity contribution in [2.24, 2.45) is 0 Å². The molecule has 5 heteroatoms. The molecule has 1 rings (SSSR count). The van der Waals surface area contributed by atoms with E-state index in [4.69, 9.17) is 5.11 Å². The molecule has 0 fully saturated rings. The second kappa shape index (κ2) is 6.91. The fourth-order valence-electron chi connectivity index (χ4n) is 1.47. The lowest BCUT2D eigenvalue weighted by atomic mass is 10.2. The number of thioether (sulfide) groups is 1. The summed E-state index contributed by atoms with van der Waals surface area (Å²) in [5.41, 5.74) is 0.577. The summed E-state index contributed by atoms with van der Waals surface area (Å²) in [6.45, 7) is 8.19. The standard InChI is InChI=1S/C14H22N2O2S/c1-5-11(9-17)16-13(18)10-6-7-15-12(8-10)19-14(2,3)4/h6-8,11,17H,5,9H2,1-4H3,(H,16,18). The Hall–Kier alpha value is -1.07. The fraction of sp³-hybridized carbons (Fsp3) is 0.571. The highest BCUT2D eigenvalue weighted by Gasteiger charge is 2.16. The Balaban J connectivity index is 2.78. The van der Waals surface area contributed by atoms with Crippen LogP contribution in [0.25, 0.3) is 0 Å². The van der Waals surface area contributed by atoms with Crippen LogP contribution in [0.15, 0.2) is 23.4 Å². The number of aliphatic hydroxyl groups excluding tert-OH is 1. The average Bonchev–Trinajstić information content (AvgIpc) is 2.34. The van der Waals surface area contributed by atoms with Crippen LogP contribution in [0, 0.1) is 0 Å². The van der Waals surface area contributed by atoms with Crippen molar-refractivity contribution in [1.82, 2.24) is 10.3 Å². The first-order valence-electron chi connectivity index (χ1n) is 6.42. The number of rotatable bonds is 5. The Labute approximate surface area is 119 Å². The van der Waals surface area contributed by atoms with Gasteiger partial charge in [0.15, 0.2) is 0 Å². The quantitative estimate of drug-likeness (QED) is 0.814. The third-order valence-corrected chi connectivity index (χ3v) is 3.50. The summed E-state index contributed by atoms with van der Waals surface area (Å²) >= 11 is 1.62. The molecule has 4 nitrogen and oxygen atoms in total. The van der Waals surface area contributed by atoms with E-state index in [1.54, 1.807) is 30.1 Å². The van der Waals surface area contributed by atoms with E-state index in [9.17, 15) is 4.79 Å². The van der Waals surface area contributed by atoms with Gasteiger partial charge in [0.2, 0.25) is 0 Å². The van der Waals surface area contributed by atoms with E-state index in [0.29, 0.717) is 12.0 Å². The summed E-state index contributed by atoms with van der Waals surface area (Å²) in [6, 6.07) is 3.28. The van der Waals surface area contributed by atoms with Crippen LogP contribution < -0.4 is 5.32 Å². The number of hydrogen-bond acceptors (Lipinski definition) is 4. The van der Waals surface area contributed by atoms with Crippen LogP contribution >= 0.6 is 11.8 Å². The fourth-order valence-corrected chi connectivity index (χ4v) is 2.39. The highest BCUT2D eigenvalue weighted by atomic mass is 32.2. The summed E-state index contributed by atoms with van der Waals surface area (Å²) in [6.07, 6.45) is 2.35. The third kappa shape index (κ3) is 5.61. The predicted molar refractivity (Wildman–Crippen MR) is 78.5 cm³/mol. The maximum atomic E-state index is 12.0. The van der Waals surface area contributed by atoms with Gasteiger partial charge in [-0.3, -0.25) is 4.79 Å². The van der Waals surface area contributed by atoms with Crippen LogP contribution in [-0.4, -0.2) is 33.4 Å². The molecule has 1 amide bonds. The first-order chi connectivity index (χ1) is 8.85. The number of pyridine rings is 1. The number of aliphatic hydroxyl groups is 1. The maximum absolute atomic E-state index is 12.0. The highest BCUT2D eigenvalue weighted by molar-refractivity contribution is 8.00. The first-order valence-corrected chi connectivity index (χ1v) is 7.24. The molecule has 1 heterocycles. The molecule has 1 aromatic rings. The summed E-state index contributed by atoms with van der Waals surface area (Å²) in [5, 5.41) is 12.7. The molecule has 0 bridgehead atoms. The molecule has 1 atom stereocenters. The zero-order valence-corrected chi connectivity index (χ0v) is 12.8. The van der Waals surface area contributed by atoms with Crippen molar-refractivity contribution in [3.8, 4) is 0 Å². The third-order valence-electron chi connectivity index (χ3n) is 2.46. The van der Waals surface area contributed by atoms with E-state index in [2.05, 4.69) is 31.1 Å². The Morgan fingerprint density at radius 1 is 1.53 bits per heavy atom. The Morgan fingerprint density at radius 3 is 2.74 bits per heavy atom. The molecular weight excluding hydrogens is 260 g/mol. The summed E-state index contributed by atoms with van der Waals surface area (Å²) in [5.74, 6) is -0.168. The molecule has 0 aliphatic rings. The van der Waals surface area contributed by atoms with Crippen LogP contribution in [0.4, 0.5) is 0 Å². The largest absolute Gasteiger partial charge is 0.394 e. The molecule has 1 aromatic heterocycles. The smallest absolute Gasteiger partial charge is 0.251 e. The van der Waals surface area contributed by atoms with E-state index in [1.165, 1.54) is 0 Å². The van der Waals surface area contributed by atoms with Crippen LogP contribution in [-0.2, 0) is 0 Å². The second-order valence-corrected chi connectivity index (χ2v) is 7.21. The van der Waals surface area contributed by atoms with E-state index >= 15 is 0 Å². The molecule has 0 saturated heterocycles. The lowest BCUT2D eigenvalue weighted by Gasteiger charge is -2.17. The molecule has 0 aliphatic carbocycles. The van der Waals surface area contributed by atoms with E-state index in [0.717, 1.165) is 5.03 Å². The Bertz CT molecular complexity index is 426. The first kappa shape index (κ1) is 16.0. The van der Waals surface area contributed by atoms with E-state index < -0.39 is 0 Å². The van der Waals surface area contributed by atoms with Gasteiger partial charge in [0.1, 0.15) is 0 Å². The number of nitrogens with zero attached hydrogens (tertiary/aromatic N) is 1. The van der Waals surface area contributed by atoms with Crippen LogP contribution in [0.1, 0.15) is 44.5 Å². The monoisotopic (exact) mass is 282 g/mol. The summed E-state index contributed by atoms with van der Waals surface area (Å²) in [4.78, 5) is 16.3. The van der Waals surface area contributed by atoms with Gasteiger partial charge >= 0.3 is 0 Å². The van der Waals surface area contributed by atoms with Crippen molar-refractivity contribution in [2.45, 2.75) is 49.9 Å². The zero-order valence-electron chi connectivity index (χ0n) is 11.9. The molecular formula is C14H22N2O2S. The van der Waals surface area contributed by atoms with Gasteiger partial charge in [-0.15, -0.1) is 11.8 Å². The van der Waals surface area contributed by atoms with Crippen LogP contribution in [0.2, 0.25) is 0 Å². The van der Waals surface area contributed by atoms with Crippen LogP contribution in [0.5, 0.6) is 0 Å². The van der Waals surface area contributed by atoms with Gasteiger partial charge in [-0.2, -0.15) is 0 Å². The van der Waals surface area contributed by atoms with Gasteiger partial charge < -0.3 is 10.4 Å². The maximum Gasteiger partial charge on any atom is 0.251 e. The lowest BCUT2D eigenvalue weighted by molar-refractivity contribution is 0.0914. The van der Waals surface area contributed by atoms with Crippen molar-refractivity contribution < 1.29 is 9.90 Å². The Morgan fingerprint density at radius 2 is 2.21 bits per heavy atom. The minimum atomic E-state index is -0.195. The SMILES string of the molecule is CCC(CO)NC(=O)c1ccnc(SC(C)(C)C)c1. The number of carbonyl (C=O) groups excluding carboxylic acids is 1. The molecule has 0 aliphatic heterocycles. The molecule has 2 N–H and O–H groups in total. The van der Waals surface area contributed by atoms with Gasteiger partial charge in [0.05, 0.1) is 17.7 Å². The zero-order chi connectivity index (χ0) is 14.5. The highest BCUT2D eigenvalue weighted by Crippen LogP contribution is 2.30. The van der Waals surface area contributed by atoms with Gasteiger partial charge in [0, 0.05) is 16.5 Å². The van der Waals surface area contributed by atoms with E-state index in [-0.39, 0.29) is 23.3 Å². The summed E-state index contributed by atoms with van der Waals surface area (Å²) in [7, 11) is 0. The van der Waals surface area contributed by atoms with Crippen molar-refractivity contribution in [3.63, 3.8) is 0 Å². The van der Waals surface area contributed by atoms with Gasteiger partial charge in [-0.1, -0.05) is 27.7 Å². The summed E-state index contributed by atoms with van der Waals surface area (Å²) < 4.78 is 0.0547. The number of hydrogen-bond donors (Lipinski definition) is 2. The van der Waals surface area contributed by atoms with E-state index in [1.807, 2.05) is 6.92 Å². The number of amides is 1. The minimum Gasteiger partial charge on any atom is -0.394 e. The molecule has 0 saturated carbocycles. The molecule has 106 valence electrons. The van der Waals surface area contributed by atoms with Gasteiger partial charge in [0.25, 0.3) is 5.91 Å². The van der Waals surface area contributed by atoms with Gasteiger partial charge in [-0.05, 0) is 18.6 Å². The molecule has 0 spiro atoms. The average molecular weight is 282 g/mol. The molecule has 1 unspecified atom stereocenters. The lowest BCUT2D eigenvalue weighted by Crippen LogP contribution is -2.36. The molecule has 19 heavy (non-hydrogen) atoms. The number of nitrogens with one attached hydrogen (secondary N) is 1. The van der Waals surface area contributed by atoms with Crippen LogP contribution in [0.3, 0.4) is 0 Å². The second-order valence-electron chi connectivity index (χ2n) is 5.36. The topological polar surface area (TPSA) is 62.2 Å². The van der Waals surface area contributed by atoms with Crippen molar-refractivity contribution >= 4 is 17.7 Å². The normalized spacial score (nSPS) is 13.1. The Kier molecular flexibility index (Phi) is 5.82. The van der Waals surface area contributed by atoms with Gasteiger partial charge in [-0.25, -0.2) is 4.98 Å². The molecule has 0 aromatic carbocycles. The number of carbonyl (C=O) groups is 1. The number of aromatic nitrogens is 1.